The Morgan fingerprint density at radius 2 is 1.64 bits per heavy atom. The van der Waals surface area contributed by atoms with Crippen molar-refractivity contribution in [1.29, 1.82) is 0 Å². The molecule has 0 aromatic heterocycles. The molecule has 0 heterocycles. The molecular weight excluding hydrogens is 174 g/mol. The summed E-state index contributed by atoms with van der Waals surface area (Å²) in [7, 11) is 0. The third-order valence-electron chi connectivity index (χ3n) is 2.76. The van der Waals surface area contributed by atoms with E-state index in [4.69, 9.17) is 0 Å². The van der Waals surface area contributed by atoms with Gasteiger partial charge < -0.3 is 0 Å². The normalized spacial score (nSPS) is 12.4. The number of rotatable bonds is 0. The van der Waals surface area contributed by atoms with Crippen LogP contribution in [0.25, 0.3) is 11.1 Å². The molecule has 68 valence electrons. The van der Waals surface area contributed by atoms with Crippen LogP contribution in [0.15, 0.2) is 42.5 Å². The van der Waals surface area contributed by atoms with Gasteiger partial charge in [0, 0.05) is 0 Å². The zero-order chi connectivity index (χ0) is 9.54. The fourth-order valence-electron chi connectivity index (χ4n) is 2.11. The van der Waals surface area contributed by atoms with Gasteiger partial charge in [0.05, 0.1) is 0 Å². The predicted octanol–water partition coefficient (Wildman–Crippen LogP) is 3.40. The lowest BCUT2D eigenvalue weighted by Gasteiger charge is -1.99. The number of benzene rings is 2. The third-order valence-corrected chi connectivity index (χ3v) is 2.76. The SMILES string of the molecule is [18F]c1ccc2c(c1)Cc1ccccc1-2. The van der Waals surface area contributed by atoms with Gasteiger partial charge in [-0.3, -0.25) is 0 Å². The first kappa shape index (κ1) is 7.74. The lowest BCUT2D eigenvalue weighted by atomic mass is 10.1. The minimum atomic E-state index is -0.142. The van der Waals surface area contributed by atoms with E-state index in [2.05, 4.69) is 12.1 Å². The van der Waals surface area contributed by atoms with Crippen LogP contribution >= 0.6 is 0 Å². The van der Waals surface area contributed by atoms with Crippen LogP contribution in [0.3, 0.4) is 0 Å². The molecule has 0 amide bonds. The molecule has 2 aromatic rings. The van der Waals surface area contributed by atoms with Crippen molar-refractivity contribution in [3.05, 3.63) is 59.4 Å². The van der Waals surface area contributed by atoms with Crippen molar-refractivity contribution in [2.75, 3.05) is 0 Å². The van der Waals surface area contributed by atoms with Gasteiger partial charge in [0.1, 0.15) is 5.82 Å². The number of halogens is 1. The molecule has 1 heteroatoms. The van der Waals surface area contributed by atoms with E-state index < -0.39 is 0 Å². The molecule has 1 aliphatic carbocycles. The third kappa shape index (κ3) is 0.987. The van der Waals surface area contributed by atoms with Crippen molar-refractivity contribution < 1.29 is 4.39 Å². The molecule has 1 aliphatic rings. The molecule has 2 aromatic carbocycles. The molecular formula is C13H9F. The van der Waals surface area contributed by atoms with Crippen molar-refractivity contribution in [1.82, 2.24) is 0 Å². The number of fused-ring (bicyclic) bond motifs is 3. The fraction of sp³-hybridized carbons (Fsp3) is 0.0769. The minimum absolute atomic E-state index is 0.142. The average molecular weight is 183 g/mol. The summed E-state index contributed by atoms with van der Waals surface area (Å²) in [6, 6.07) is 13.3. The molecule has 0 saturated carbocycles. The first-order valence-corrected chi connectivity index (χ1v) is 4.71. The van der Waals surface area contributed by atoms with Crippen LogP contribution in [-0.4, -0.2) is 0 Å². The molecule has 0 bridgehead atoms. The highest BCUT2D eigenvalue weighted by Gasteiger charge is 2.17. The first-order chi connectivity index (χ1) is 6.84. The monoisotopic (exact) mass is 183 g/mol. The number of hydrogen-bond donors (Lipinski definition) is 0. The number of hydrogen-bond acceptors (Lipinski definition) is 0. The van der Waals surface area contributed by atoms with Crippen LogP contribution in [0.5, 0.6) is 0 Å². The van der Waals surface area contributed by atoms with Crippen LogP contribution in [0, 0.1) is 5.82 Å². The second-order valence-electron chi connectivity index (χ2n) is 3.64. The molecule has 0 atom stereocenters. The Bertz CT molecular complexity index is 500. The summed E-state index contributed by atoms with van der Waals surface area (Å²) in [5, 5.41) is 0. The van der Waals surface area contributed by atoms with Crippen molar-refractivity contribution in [3.8, 4) is 11.1 Å². The molecule has 3 rings (SSSR count). The highest BCUT2D eigenvalue weighted by molar-refractivity contribution is 5.76. The van der Waals surface area contributed by atoms with Crippen LogP contribution in [-0.2, 0) is 6.42 Å². The smallest absolute Gasteiger partial charge is 0.123 e. The molecule has 0 spiro atoms. The van der Waals surface area contributed by atoms with E-state index in [1.807, 2.05) is 18.2 Å². The van der Waals surface area contributed by atoms with Gasteiger partial charge in [-0.2, -0.15) is 0 Å². The van der Waals surface area contributed by atoms with Crippen molar-refractivity contribution in [3.63, 3.8) is 0 Å². The van der Waals surface area contributed by atoms with Gasteiger partial charge in [0.15, 0.2) is 0 Å². The van der Waals surface area contributed by atoms with E-state index in [-0.39, 0.29) is 5.82 Å². The molecule has 14 heavy (non-hydrogen) atoms. The van der Waals surface area contributed by atoms with Crippen molar-refractivity contribution >= 4 is 0 Å². The summed E-state index contributed by atoms with van der Waals surface area (Å²) in [4.78, 5) is 0. The Morgan fingerprint density at radius 1 is 0.857 bits per heavy atom. The lowest BCUT2D eigenvalue weighted by molar-refractivity contribution is 0.626. The summed E-state index contributed by atoms with van der Waals surface area (Å²) < 4.78 is 13.0. The first-order valence-electron chi connectivity index (χ1n) is 4.71. The Labute approximate surface area is 82.0 Å². The second-order valence-corrected chi connectivity index (χ2v) is 3.64. The molecule has 0 radical (unpaired) electrons. The molecule has 0 nitrogen and oxygen atoms in total. The summed E-state index contributed by atoms with van der Waals surface area (Å²) in [5.74, 6) is -0.142. The fourth-order valence-corrected chi connectivity index (χ4v) is 2.11. The highest BCUT2D eigenvalue weighted by atomic mass is 18.2. The zero-order valence-electron chi connectivity index (χ0n) is 7.63. The van der Waals surface area contributed by atoms with E-state index in [0.29, 0.717) is 0 Å². The Hall–Kier alpha value is -1.63. The summed E-state index contributed by atoms with van der Waals surface area (Å²) in [6.07, 6.45) is 0.864. The molecule has 0 fully saturated rings. The minimum Gasteiger partial charge on any atom is -0.207 e. The topological polar surface area (TPSA) is 0 Å². The van der Waals surface area contributed by atoms with Gasteiger partial charge in [0.25, 0.3) is 0 Å². The van der Waals surface area contributed by atoms with Gasteiger partial charge in [-0.05, 0) is 40.8 Å². The molecule has 0 saturated heterocycles. The standard InChI is InChI=1S/C13H9F/c14-11-5-6-13-10(8-11)7-9-3-1-2-4-12(9)13/h1-6,8H,7H2/i14-1. The van der Waals surface area contributed by atoms with Crippen molar-refractivity contribution in [2.24, 2.45) is 0 Å². The van der Waals surface area contributed by atoms with Crippen LogP contribution in [0.2, 0.25) is 0 Å². The Balaban J connectivity index is 2.27. The van der Waals surface area contributed by atoms with Crippen LogP contribution in [0.1, 0.15) is 11.1 Å². The summed E-state index contributed by atoms with van der Waals surface area (Å²) in [5.41, 5.74) is 4.84. The van der Waals surface area contributed by atoms with Gasteiger partial charge >= 0.3 is 0 Å². The quantitative estimate of drug-likeness (QED) is 0.501. The van der Waals surface area contributed by atoms with Gasteiger partial charge in [-0.1, -0.05) is 30.3 Å². The lowest BCUT2D eigenvalue weighted by Crippen LogP contribution is -1.81. The highest BCUT2D eigenvalue weighted by Crippen LogP contribution is 2.36. The Morgan fingerprint density at radius 3 is 2.57 bits per heavy atom. The van der Waals surface area contributed by atoms with E-state index >= 15 is 0 Å². The van der Waals surface area contributed by atoms with Crippen molar-refractivity contribution in [2.45, 2.75) is 6.42 Å². The van der Waals surface area contributed by atoms with Gasteiger partial charge in [-0.25, -0.2) is 4.39 Å². The zero-order valence-corrected chi connectivity index (χ0v) is 7.63. The molecule has 0 unspecified atom stereocenters. The van der Waals surface area contributed by atoms with Crippen LogP contribution < -0.4 is 0 Å². The van der Waals surface area contributed by atoms with E-state index in [9.17, 15) is 4.39 Å². The van der Waals surface area contributed by atoms with E-state index in [1.165, 1.54) is 22.8 Å². The largest absolute Gasteiger partial charge is 0.207 e. The predicted molar refractivity (Wildman–Crippen MR) is 54.6 cm³/mol. The summed E-state index contributed by atoms with van der Waals surface area (Å²) >= 11 is 0. The van der Waals surface area contributed by atoms with Gasteiger partial charge in [0.2, 0.25) is 0 Å². The maximum absolute atomic E-state index is 13.0. The maximum atomic E-state index is 13.0. The molecule has 0 N–H and O–H groups in total. The maximum Gasteiger partial charge on any atom is 0.123 e. The van der Waals surface area contributed by atoms with Crippen LogP contribution in [0.4, 0.5) is 4.39 Å². The average Bonchev–Trinajstić information content (AvgIpc) is 2.54. The van der Waals surface area contributed by atoms with E-state index in [0.717, 1.165) is 12.0 Å². The summed E-state index contributed by atoms with van der Waals surface area (Å²) in [6.45, 7) is 0. The second kappa shape index (κ2) is 2.68. The Kier molecular flexibility index (Phi) is 1.48. The van der Waals surface area contributed by atoms with Gasteiger partial charge in [-0.15, -0.1) is 0 Å². The molecule has 0 aliphatic heterocycles. The van der Waals surface area contributed by atoms with E-state index in [1.54, 1.807) is 6.07 Å².